The molecule has 4 fully saturated rings. The Labute approximate surface area is 228 Å². The molecule has 0 aromatic heterocycles. The minimum Gasteiger partial charge on any atom is -0.456 e. The van der Waals surface area contributed by atoms with Crippen molar-refractivity contribution in [3.05, 3.63) is 35.4 Å². The molecule has 4 bridgehead atoms. The van der Waals surface area contributed by atoms with E-state index < -0.39 is 69.6 Å². The van der Waals surface area contributed by atoms with Crippen molar-refractivity contribution in [2.45, 2.75) is 68.5 Å². The van der Waals surface area contributed by atoms with Crippen LogP contribution in [0.25, 0.3) is 0 Å². The Morgan fingerprint density at radius 1 is 0.878 bits per heavy atom. The number of benzene rings is 1. The van der Waals surface area contributed by atoms with E-state index in [1.165, 1.54) is 0 Å². The molecule has 17 heteroatoms. The third-order valence-electron chi connectivity index (χ3n) is 7.82. The second-order valence-electron chi connectivity index (χ2n) is 10.9. The zero-order valence-corrected chi connectivity index (χ0v) is 21.8. The van der Waals surface area contributed by atoms with Crippen molar-refractivity contribution in [3.8, 4) is 0 Å². The van der Waals surface area contributed by atoms with Crippen LogP contribution in [0.2, 0.25) is 0 Å². The van der Waals surface area contributed by atoms with Crippen LogP contribution in [0.5, 0.6) is 0 Å². The van der Waals surface area contributed by atoms with Gasteiger partial charge in [0.25, 0.3) is 0 Å². The first kappa shape index (κ1) is 31.4. The number of hydrogen-bond acceptors (Lipinski definition) is 7. The van der Waals surface area contributed by atoms with Crippen molar-refractivity contribution in [3.63, 3.8) is 0 Å². The molecular formula is C24H24F8O8S. The SMILES string of the molecule is O=C(OC(OCC(F)(F)S(=O)(=O)O)(C(=O)OCc1ccc(C(F)(F)F)cc1)C(F)(F)F)C12CC3CC(CC(C3)C1)C2. The molecule has 0 aliphatic heterocycles. The average Bonchev–Trinajstić information content (AvgIpc) is 2.82. The molecule has 230 valence electrons. The van der Waals surface area contributed by atoms with Crippen molar-refractivity contribution in [1.29, 1.82) is 0 Å². The summed E-state index contributed by atoms with van der Waals surface area (Å²) in [6.07, 6.45) is -8.29. The first-order valence-corrected chi connectivity index (χ1v) is 13.7. The third kappa shape index (κ3) is 6.16. The number of esters is 2. The largest absolute Gasteiger partial charge is 0.468 e. The minimum absolute atomic E-state index is 0.00880. The minimum atomic E-state index is -6.34. The fourth-order valence-corrected chi connectivity index (χ4v) is 6.49. The standard InChI is InChI=1S/C24H24F8O8S/c25-21(26,41(35,36)37)12-39-22(24(30,31)32,19(34)38-11-13-1-3-17(4-2-13)23(27,28)29)40-18(33)20-8-14-5-15(9-20)7-16(6-14)10-20/h1-4,14-16H,5-12H2,(H,35,36,37). The van der Waals surface area contributed by atoms with Gasteiger partial charge in [-0.25, -0.2) is 4.79 Å². The maximum absolute atomic E-state index is 14.5. The lowest BCUT2D eigenvalue weighted by molar-refractivity contribution is -0.364. The van der Waals surface area contributed by atoms with Gasteiger partial charge >= 0.3 is 45.5 Å². The monoisotopic (exact) mass is 624 g/mol. The second-order valence-corrected chi connectivity index (χ2v) is 12.4. The molecule has 0 saturated heterocycles. The number of alkyl halides is 8. The number of hydrogen-bond donors (Lipinski definition) is 1. The highest BCUT2D eigenvalue weighted by molar-refractivity contribution is 7.86. The highest BCUT2D eigenvalue weighted by Crippen LogP contribution is 2.61. The quantitative estimate of drug-likeness (QED) is 0.171. The summed E-state index contributed by atoms with van der Waals surface area (Å²) in [5.41, 5.74) is -2.87. The zero-order valence-electron chi connectivity index (χ0n) is 20.9. The van der Waals surface area contributed by atoms with Gasteiger partial charge < -0.3 is 14.2 Å². The van der Waals surface area contributed by atoms with E-state index in [2.05, 4.69) is 14.2 Å². The van der Waals surface area contributed by atoms with Crippen LogP contribution < -0.4 is 0 Å². The van der Waals surface area contributed by atoms with E-state index in [9.17, 15) is 53.1 Å². The van der Waals surface area contributed by atoms with E-state index in [1.54, 1.807) is 0 Å². The van der Waals surface area contributed by atoms with Gasteiger partial charge in [-0.2, -0.15) is 43.5 Å². The molecule has 41 heavy (non-hydrogen) atoms. The normalized spacial score (nSPS) is 27.8. The maximum atomic E-state index is 14.5. The summed E-state index contributed by atoms with van der Waals surface area (Å²) in [4.78, 5) is 26.2. The average molecular weight is 624 g/mol. The molecule has 0 radical (unpaired) electrons. The van der Waals surface area contributed by atoms with E-state index >= 15 is 0 Å². The summed E-state index contributed by atoms with van der Waals surface area (Å²) in [6, 6.07) is 2.60. The molecule has 8 nitrogen and oxygen atoms in total. The number of carbonyl (C=O) groups is 2. The lowest BCUT2D eigenvalue weighted by Gasteiger charge is -2.55. The lowest BCUT2D eigenvalue weighted by Crippen LogP contribution is -2.62. The first-order chi connectivity index (χ1) is 18.7. The van der Waals surface area contributed by atoms with Crippen molar-refractivity contribution < 1.29 is 71.9 Å². The van der Waals surface area contributed by atoms with Crippen molar-refractivity contribution in [1.82, 2.24) is 0 Å². The molecule has 1 aromatic carbocycles. The van der Waals surface area contributed by atoms with Gasteiger partial charge in [-0.3, -0.25) is 9.35 Å². The molecule has 4 saturated carbocycles. The van der Waals surface area contributed by atoms with Gasteiger partial charge in [0.15, 0.2) is 0 Å². The van der Waals surface area contributed by atoms with Crippen LogP contribution in [-0.2, 0) is 46.7 Å². The molecule has 4 aliphatic carbocycles. The van der Waals surface area contributed by atoms with Crippen LogP contribution >= 0.6 is 0 Å². The molecule has 4 aliphatic rings. The molecule has 1 N–H and O–H groups in total. The van der Waals surface area contributed by atoms with Gasteiger partial charge in [0.1, 0.15) is 13.2 Å². The van der Waals surface area contributed by atoms with Gasteiger partial charge in [-0.05, 0) is 74.0 Å². The Kier molecular flexibility index (Phi) is 7.91. The Hall–Kier alpha value is -2.53. The number of rotatable bonds is 9. The van der Waals surface area contributed by atoms with Crippen LogP contribution in [0.1, 0.15) is 49.7 Å². The van der Waals surface area contributed by atoms with E-state index in [0.717, 1.165) is 31.4 Å². The maximum Gasteiger partial charge on any atom is 0.468 e. The molecule has 1 unspecified atom stereocenters. The van der Waals surface area contributed by atoms with E-state index in [1.807, 2.05) is 0 Å². The first-order valence-electron chi connectivity index (χ1n) is 12.3. The molecule has 0 amide bonds. The Morgan fingerprint density at radius 2 is 1.37 bits per heavy atom. The Bertz CT molecular complexity index is 1240. The number of carbonyl (C=O) groups excluding carboxylic acids is 2. The second kappa shape index (κ2) is 10.3. The highest BCUT2D eigenvalue weighted by atomic mass is 32.2. The van der Waals surface area contributed by atoms with Crippen LogP contribution in [0.15, 0.2) is 24.3 Å². The fourth-order valence-electron chi connectivity index (χ4n) is 6.28. The summed E-state index contributed by atoms with van der Waals surface area (Å²) in [5.74, 6) is -9.08. The van der Waals surface area contributed by atoms with Crippen molar-refractivity contribution in [2.75, 3.05) is 6.61 Å². The number of halogens is 8. The van der Waals surface area contributed by atoms with Gasteiger partial charge in [-0.15, -0.1) is 0 Å². The zero-order chi connectivity index (χ0) is 30.6. The third-order valence-corrected chi connectivity index (χ3v) is 8.69. The highest BCUT2D eigenvalue weighted by Gasteiger charge is 2.70. The summed E-state index contributed by atoms with van der Waals surface area (Å²) < 4.78 is 153. The van der Waals surface area contributed by atoms with Crippen molar-refractivity contribution in [2.24, 2.45) is 23.2 Å². The predicted octanol–water partition coefficient (Wildman–Crippen LogP) is 5.26. The molecular weight excluding hydrogens is 600 g/mol. The Balaban J connectivity index is 1.64. The molecule has 0 heterocycles. The van der Waals surface area contributed by atoms with Crippen LogP contribution in [-0.4, -0.2) is 48.7 Å². The van der Waals surface area contributed by atoms with Crippen LogP contribution in [0.3, 0.4) is 0 Å². The lowest BCUT2D eigenvalue weighted by atomic mass is 9.49. The van der Waals surface area contributed by atoms with Crippen LogP contribution in [0.4, 0.5) is 35.1 Å². The summed E-state index contributed by atoms with van der Waals surface area (Å²) in [6.45, 7) is -3.91. The van der Waals surface area contributed by atoms with Gasteiger partial charge in [0.05, 0.1) is 11.0 Å². The van der Waals surface area contributed by atoms with Gasteiger partial charge in [0, 0.05) is 0 Å². The van der Waals surface area contributed by atoms with E-state index in [-0.39, 0.29) is 42.6 Å². The molecule has 1 atom stereocenters. The smallest absolute Gasteiger partial charge is 0.456 e. The summed E-state index contributed by atoms with van der Waals surface area (Å²) >= 11 is 0. The van der Waals surface area contributed by atoms with E-state index in [0.29, 0.717) is 12.1 Å². The van der Waals surface area contributed by atoms with Gasteiger partial charge in [0.2, 0.25) is 0 Å². The predicted molar refractivity (Wildman–Crippen MR) is 119 cm³/mol. The Morgan fingerprint density at radius 3 is 1.78 bits per heavy atom. The summed E-state index contributed by atoms with van der Waals surface area (Å²) in [5, 5.41) is -5.37. The topological polar surface area (TPSA) is 116 Å². The molecule has 0 spiro atoms. The van der Waals surface area contributed by atoms with Crippen LogP contribution in [0, 0.1) is 23.2 Å². The van der Waals surface area contributed by atoms with Crippen molar-refractivity contribution >= 4 is 22.1 Å². The molecule has 5 rings (SSSR count). The van der Waals surface area contributed by atoms with E-state index in [4.69, 9.17) is 4.55 Å². The fraction of sp³-hybridized carbons (Fsp3) is 0.667. The van der Waals surface area contributed by atoms with Gasteiger partial charge in [-0.1, -0.05) is 12.1 Å². The number of ether oxygens (including phenoxy) is 3. The molecule has 1 aromatic rings. The summed E-state index contributed by atoms with van der Waals surface area (Å²) in [7, 11) is -6.34.